The molecule has 1 aromatic rings. The van der Waals surface area contributed by atoms with E-state index in [2.05, 4.69) is 17.2 Å². The molecule has 4 heteroatoms. The second-order valence-electron chi connectivity index (χ2n) is 4.99. The van der Waals surface area contributed by atoms with Crippen LogP contribution in [0.2, 0.25) is 0 Å². The number of pyridine rings is 1. The highest BCUT2D eigenvalue weighted by molar-refractivity contribution is 7.80. The maximum absolute atomic E-state index is 5.75. The molecule has 0 saturated heterocycles. The van der Waals surface area contributed by atoms with Gasteiger partial charge in [0.15, 0.2) is 0 Å². The van der Waals surface area contributed by atoms with Gasteiger partial charge in [0.2, 0.25) is 0 Å². The summed E-state index contributed by atoms with van der Waals surface area (Å²) in [5.74, 6) is 0.748. The molecule has 1 aliphatic rings. The number of nitrogens with two attached hydrogens (primary N) is 1. The van der Waals surface area contributed by atoms with Gasteiger partial charge in [-0.1, -0.05) is 38.4 Å². The molecule has 1 aromatic heterocycles. The number of nitrogens with zero attached hydrogens (tertiary/aromatic N) is 1. The molecule has 1 heterocycles. The van der Waals surface area contributed by atoms with Crippen LogP contribution in [0, 0.1) is 5.92 Å². The Hall–Kier alpha value is -1.16. The van der Waals surface area contributed by atoms with E-state index in [-0.39, 0.29) is 0 Å². The van der Waals surface area contributed by atoms with Crippen LogP contribution in [0.1, 0.15) is 44.6 Å². The highest BCUT2D eigenvalue weighted by atomic mass is 32.1. The van der Waals surface area contributed by atoms with Crippen LogP contribution in [0.3, 0.4) is 0 Å². The average Bonchev–Trinajstić information content (AvgIpc) is 2.40. The Bertz CT molecular complexity index is 419. The Morgan fingerprint density at radius 3 is 3.00 bits per heavy atom. The van der Waals surface area contributed by atoms with E-state index < -0.39 is 0 Å². The summed E-state index contributed by atoms with van der Waals surface area (Å²) in [7, 11) is 0. The van der Waals surface area contributed by atoms with Gasteiger partial charge < -0.3 is 11.1 Å². The predicted molar refractivity (Wildman–Crippen MR) is 79.8 cm³/mol. The number of aromatic nitrogens is 1. The lowest BCUT2D eigenvalue weighted by molar-refractivity contribution is 0.317. The molecule has 18 heavy (non-hydrogen) atoms. The summed E-state index contributed by atoms with van der Waals surface area (Å²) in [5.41, 5.74) is 7.64. The molecule has 1 aliphatic carbocycles. The lowest BCUT2D eigenvalue weighted by Crippen LogP contribution is -2.32. The van der Waals surface area contributed by atoms with Crippen LogP contribution < -0.4 is 11.1 Å². The predicted octanol–water partition coefficient (Wildman–Crippen LogP) is 3.10. The summed E-state index contributed by atoms with van der Waals surface area (Å²) in [6, 6.07) is 2.41. The fourth-order valence-electron chi connectivity index (χ4n) is 2.81. The minimum Gasteiger partial charge on any atom is -0.389 e. The van der Waals surface area contributed by atoms with E-state index in [4.69, 9.17) is 18.0 Å². The molecule has 0 bridgehead atoms. The molecule has 3 N–H and O–H groups in total. The molecule has 1 saturated carbocycles. The number of hydrogen-bond acceptors (Lipinski definition) is 3. The molecule has 0 aromatic carbocycles. The number of thiocarbonyl (C=S) groups is 1. The summed E-state index contributed by atoms with van der Waals surface area (Å²) in [4.78, 5) is 4.60. The lowest BCUT2D eigenvalue weighted by Gasteiger charge is -2.32. The Kier molecular flexibility index (Phi) is 4.53. The first-order chi connectivity index (χ1) is 8.72. The number of hydrogen-bond donors (Lipinski definition) is 2. The van der Waals surface area contributed by atoms with Crippen molar-refractivity contribution < 1.29 is 0 Å². The fraction of sp³-hybridized carbons (Fsp3) is 0.571. The lowest BCUT2D eigenvalue weighted by atomic mass is 9.82. The smallest absolute Gasteiger partial charge is 0.106 e. The first kappa shape index (κ1) is 13.3. The second-order valence-corrected chi connectivity index (χ2v) is 5.43. The maximum Gasteiger partial charge on any atom is 0.106 e. The van der Waals surface area contributed by atoms with Crippen LogP contribution in [0.25, 0.3) is 0 Å². The molecule has 0 amide bonds. The zero-order valence-corrected chi connectivity index (χ0v) is 11.7. The SMILES string of the molecule is CCC1CCCCC1Nc1cnccc1C(N)=S. The van der Waals surface area contributed by atoms with Crippen molar-refractivity contribution in [3.8, 4) is 0 Å². The average molecular weight is 263 g/mol. The standard InChI is InChI=1S/C14H21N3S/c1-2-10-5-3-4-6-12(10)17-13-9-16-8-7-11(13)14(15)18/h7-10,12,17H,2-6H2,1H3,(H2,15,18). The van der Waals surface area contributed by atoms with Gasteiger partial charge in [0.05, 0.1) is 11.9 Å². The van der Waals surface area contributed by atoms with Crippen molar-refractivity contribution in [2.24, 2.45) is 11.7 Å². The van der Waals surface area contributed by atoms with Crippen LogP contribution in [0.5, 0.6) is 0 Å². The Morgan fingerprint density at radius 2 is 2.28 bits per heavy atom. The van der Waals surface area contributed by atoms with E-state index >= 15 is 0 Å². The van der Waals surface area contributed by atoms with Gasteiger partial charge in [0, 0.05) is 17.8 Å². The first-order valence-corrected chi connectivity index (χ1v) is 7.13. The van der Waals surface area contributed by atoms with Crippen molar-refractivity contribution in [2.75, 3.05) is 5.32 Å². The third-order valence-corrected chi connectivity index (χ3v) is 4.08. The highest BCUT2D eigenvalue weighted by Crippen LogP contribution is 2.30. The Morgan fingerprint density at radius 1 is 1.50 bits per heavy atom. The molecule has 2 atom stereocenters. The van der Waals surface area contributed by atoms with E-state index in [1.165, 1.54) is 32.1 Å². The van der Waals surface area contributed by atoms with E-state index in [1.807, 2.05) is 12.3 Å². The maximum atomic E-state index is 5.75. The summed E-state index contributed by atoms with van der Waals surface area (Å²) in [5, 5.41) is 3.60. The van der Waals surface area contributed by atoms with Crippen LogP contribution in [0.4, 0.5) is 5.69 Å². The fourth-order valence-corrected chi connectivity index (χ4v) is 2.99. The van der Waals surface area contributed by atoms with Gasteiger partial charge in [-0.25, -0.2) is 0 Å². The van der Waals surface area contributed by atoms with Gasteiger partial charge >= 0.3 is 0 Å². The summed E-state index contributed by atoms with van der Waals surface area (Å²) >= 11 is 5.09. The quantitative estimate of drug-likeness (QED) is 0.820. The van der Waals surface area contributed by atoms with Crippen molar-refractivity contribution in [1.82, 2.24) is 4.98 Å². The summed E-state index contributed by atoms with van der Waals surface area (Å²) in [6.45, 7) is 2.27. The highest BCUT2D eigenvalue weighted by Gasteiger charge is 2.24. The Labute approximate surface area is 114 Å². The van der Waals surface area contributed by atoms with Gasteiger partial charge in [-0.05, 0) is 24.8 Å². The molecule has 0 spiro atoms. The van der Waals surface area contributed by atoms with Crippen molar-refractivity contribution >= 4 is 22.9 Å². The van der Waals surface area contributed by atoms with Gasteiger partial charge in [0.1, 0.15) is 4.99 Å². The zero-order chi connectivity index (χ0) is 13.0. The van der Waals surface area contributed by atoms with E-state index in [9.17, 15) is 0 Å². The van der Waals surface area contributed by atoms with Gasteiger partial charge in [-0.3, -0.25) is 4.98 Å². The van der Waals surface area contributed by atoms with Crippen molar-refractivity contribution in [3.63, 3.8) is 0 Å². The third kappa shape index (κ3) is 2.99. The molecule has 1 fully saturated rings. The van der Waals surface area contributed by atoms with E-state index in [1.54, 1.807) is 6.20 Å². The summed E-state index contributed by atoms with van der Waals surface area (Å²) in [6.07, 6.45) is 9.98. The third-order valence-electron chi connectivity index (χ3n) is 3.86. The number of nitrogens with one attached hydrogen (secondary N) is 1. The van der Waals surface area contributed by atoms with Gasteiger partial charge in [0.25, 0.3) is 0 Å². The van der Waals surface area contributed by atoms with Crippen molar-refractivity contribution in [2.45, 2.75) is 45.1 Å². The number of rotatable bonds is 4. The molecule has 0 aliphatic heterocycles. The van der Waals surface area contributed by atoms with Crippen molar-refractivity contribution in [1.29, 1.82) is 0 Å². The molecule has 98 valence electrons. The minimum atomic E-state index is 0.434. The van der Waals surface area contributed by atoms with Gasteiger partial charge in [-0.15, -0.1) is 0 Å². The van der Waals surface area contributed by atoms with Crippen LogP contribution in [-0.2, 0) is 0 Å². The molecular weight excluding hydrogens is 242 g/mol. The van der Waals surface area contributed by atoms with Gasteiger partial charge in [-0.2, -0.15) is 0 Å². The summed E-state index contributed by atoms with van der Waals surface area (Å²) < 4.78 is 0. The first-order valence-electron chi connectivity index (χ1n) is 6.72. The molecule has 0 radical (unpaired) electrons. The van der Waals surface area contributed by atoms with E-state index in [0.29, 0.717) is 11.0 Å². The van der Waals surface area contributed by atoms with E-state index in [0.717, 1.165) is 17.2 Å². The van der Waals surface area contributed by atoms with Crippen LogP contribution in [-0.4, -0.2) is 16.0 Å². The Balaban J connectivity index is 2.15. The van der Waals surface area contributed by atoms with Crippen LogP contribution >= 0.6 is 12.2 Å². The van der Waals surface area contributed by atoms with Crippen LogP contribution in [0.15, 0.2) is 18.5 Å². The zero-order valence-electron chi connectivity index (χ0n) is 10.9. The molecule has 3 nitrogen and oxygen atoms in total. The molecular formula is C14H21N3S. The second kappa shape index (κ2) is 6.14. The normalized spacial score (nSPS) is 23.6. The largest absolute Gasteiger partial charge is 0.389 e. The molecule has 2 rings (SSSR count). The van der Waals surface area contributed by atoms with Crippen molar-refractivity contribution in [3.05, 3.63) is 24.0 Å². The molecule has 2 unspecified atom stereocenters. The minimum absolute atomic E-state index is 0.434. The monoisotopic (exact) mass is 263 g/mol. The topological polar surface area (TPSA) is 50.9 Å². The number of anilines is 1.